The first-order chi connectivity index (χ1) is 15.0. The number of sulfonamides is 1. The van der Waals surface area contributed by atoms with E-state index in [1.165, 1.54) is 30.5 Å². The minimum absolute atomic E-state index is 0.0158. The molecule has 0 saturated carbocycles. The largest absolute Gasteiger partial charge is 0.494 e. The van der Waals surface area contributed by atoms with Crippen molar-refractivity contribution in [3.63, 3.8) is 0 Å². The van der Waals surface area contributed by atoms with Crippen LogP contribution in [0.2, 0.25) is 0 Å². The van der Waals surface area contributed by atoms with Crippen LogP contribution in [0.25, 0.3) is 5.76 Å². The number of nitrogens with zero attached hydrogens (tertiary/aromatic N) is 3. The Bertz CT molecular complexity index is 1060. The normalized spacial score (nSPS) is 19.8. The molecule has 1 aromatic heterocycles. The van der Waals surface area contributed by atoms with Gasteiger partial charge in [-0.2, -0.15) is 4.31 Å². The van der Waals surface area contributed by atoms with E-state index in [1.54, 1.807) is 4.31 Å². The van der Waals surface area contributed by atoms with Crippen molar-refractivity contribution in [2.75, 3.05) is 25.1 Å². The molecule has 0 spiro atoms. The fourth-order valence-corrected chi connectivity index (χ4v) is 5.40. The third-order valence-corrected chi connectivity index (χ3v) is 7.24. The molecular formula is C20H24N4O6S. The number of anilines is 1. The van der Waals surface area contributed by atoms with Gasteiger partial charge < -0.3 is 13.9 Å². The van der Waals surface area contributed by atoms with Crippen molar-refractivity contribution >= 4 is 27.7 Å². The number of ether oxygens (including phenoxy) is 2. The Hall–Kier alpha value is -2.92. The number of carbonyl (C=O) groups is 1. The van der Waals surface area contributed by atoms with Crippen LogP contribution in [0, 0.1) is 0 Å². The van der Waals surface area contributed by atoms with Crippen LogP contribution < -0.4 is 5.32 Å². The third kappa shape index (κ3) is 4.57. The van der Waals surface area contributed by atoms with E-state index in [-0.39, 0.29) is 34.2 Å². The van der Waals surface area contributed by atoms with Crippen LogP contribution in [0.1, 0.15) is 48.9 Å². The summed E-state index contributed by atoms with van der Waals surface area (Å²) in [5.41, 5.74) is 0.265. The molecule has 2 aromatic rings. The van der Waals surface area contributed by atoms with Crippen molar-refractivity contribution in [2.45, 2.75) is 43.5 Å². The van der Waals surface area contributed by atoms with Crippen LogP contribution in [0.15, 0.2) is 39.8 Å². The lowest BCUT2D eigenvalue weighted by molar-refractivity contribution is 0.102. The van der Waals surface area contributed by atoms with E-state index in [4.69, 9.17) is 13.9 Å². The van der Waals surface area contributed by atoms with Gasteiger partial charge in [-0.05, 0) is 43.5 Å². The highest BCUT2D eigenvalue weighted by molar-refractivity contribution is 7.89. The smallest absolute Gasteiger partial charge is 0.322 e. The van der Waals surface area contributed by atoms with Crippen molar-refractivity contribution in [1.29, 1.82) is 0 Å². The van der Waals surface area contributed by atoms with E-state index in [0.29, 0.717) is 19.8 Å². The minimum Gasteiger partial charge on any atom is -0.494 e. The van der Waals surface area contributed by atoms with Gasteiger partial charge in [-0.25, -0.2) is 8.42 Å². The van der Waals surface area contributed by atoms with E-state index < -0.39 is 15.9 Å². The number of carbonyl (C=O) groups excluding carboxylic acids is 1. The molecule has 1 saturated heterocycles. The zero-order chi connectivity index (χ0) is 21.8. The summed E-state index contributed by atoms with van der Waals surface area (Å²) in [5, 5.41) is 10.1. The molecule has 10 nitrogen and oxygen atoms in total. The highest BCUT2D eigenvalue weighted by atomic mass is 32.2. The molecule has 0 bridgehead atoms. The molecule has 31 heavy (non-hydrogen) atoms. The SMILES string of the molecule is CC[C@@H]1CCCCN1S(=O)(=O)c1ccc(C(=O)Nc2nnc(C3=COCCO3)o2)cc1. The van der Waals surface area contributed by atoms with Gasteiger partial charge in [0.15, 0.2) is 0 Å². The molecule has 2 aliphatic heterocycles. The highest BCUT2D eigenvalue weighted by Crippen LogP contribution is 2.27. The van der Waals surface area contributed by atoms with Crippen LogP contribution >= 0.6 is 0 Å². The molecule has 166 valence electrons. The Morgan fingerprint density at radius 2 is 2.00 bits per heavy atom. The highest BCUT2D eigenvalue weighted by Gasteiger charge is 2.32. The number of hydrogen-bond donors (Lipinski definition) is 1. The van der Waals surface area contributed by atoms with Crippen LogP contribution in [-0.2, 0) is 19.5 Å². The average molecular weight is 449 g/mol. The fraction of sp³-hybridized carbons (Fsp3) is 0.450. The van der Waals surface area contributed by atoms with Crippen molar-refractivity contribution in [2.24, 2.45) is 0 Å². The van der Waals surface area contributed by atoms with Gasteiger partial charge in [-0.15, -0.1) is 5.10 Å². The molecule has 0 unspecified atom stereocenters. The maximum absolute atomic E-state index is 13.0. The van der Waals surface area contributed by atoms with Crippen LogP contribution in [0.4, 0.5) is 6.01 Å². The Balaban J connectivity index is 1.45. The molecule has 1 atom stereocenters. The van der Waals surface area contributed by atoms with E-state index in [9.17, 15) is 13.2 Å². The van der Waals surface area contributed by atoms with Gasteiger partial charge in [0.05, 0.1) is 4.90 Å². The minimum atomic E-state index is -3.60. The molecule has 3 heterocycles. The first-order valence-corrected chi connectivity index (χ1v) is 11.6. The summed E-state index contributed by atoms with van der Waals surface area (Å²) in [4.78, 5) is 12.7. The first kappa shape index (κ1) is 21.3. The number of amides is 1. The number of nitrogens with one attached hydrogen (secondary N) is 1. The van der Waals surface area contributed by atoms with Crippen molar-refractivity contribution < 1.29 is 27.1 Å². The fourth-order valence-electron chi connectivity index (χ4n) is 3.64. The van der Waals surface area contributed by atoms with E-state index in [2.05, 4.69) is 15.5 Å². The topological polar surface area (TPSA) is 124 Å². The standard InChI is InChI=1S/C20H24N4O6S/c1-2-15-5-3-4-10-24(15)31(26,27)16-8-6-14(7-9-16)18(25)21-20-23-22-19(30-20)17-13-28-11-12-29-17/h6-9,13,15H,2-5,10-12H2,1H3,(H,21,23,25)/t15-/m1/s1. The quantitative estimate of drug-likeness (QED) is 0.715. The monoisotopic (exact) mass is 448 g/mol. The second-order valence-electron chi connectivity index (χ2n) is 7.27. The second-order valence-corrected chi connectivity index (χ2v) is 9.16. The molecule has 4 rings (SSSR count). The summed E-state index contributed by atoms with van der Waals surface area (Å²) in [6.07, 6.45) is 4.91. The molecule has 1 N–H and O–H groups in total. The van der Waals surface area contributed by atoms with Crippen molar-refractivity contribution in [3.8, 4) is 0 Å². The number of piperidine rings is 1. The first-order valence-electron chi connectivity index (χ1n) is 10.2. The van der Waals surface area contributed by atoms with Gasteiger partial charge in [0, 0.05) is 18.2 Å². The summed E-state index contributed by atoms with van der Waals surface area (Å²) < 4.78 is 43.5. The molecular weight excluding hydrogens is 424 g/mol. The van der Waals surface area contributed by atoms with E-state index in [0.717, 1.165) is 25.7 Å². The number of rotatable bonds is 6. The van der Waals surface area contributed by atoms with Gasteiger partial charge in [-0.1, -0.05) is 18.4 Å². The molecule has 2 aliphatic rings. The van der Waals surface area contributed by atoms with Crippen molar-refractivity contribution in [1.82, 2.24) is 14.5 Å². The lowest BCUT2D eigenvalue weighted by Gasteiger charge is -2.34. The van der Waals surface area contributed by atoms with Crippen LogP contribution in [0.5, 0.6) is 0 Å². The predicted molar refractivity (Wildman–Crippen MR) is 110 cm³/mol. The summed E-state index contributed by atoms with van der Waals surface area (Å²) in [5.74, 6) is -0.126. The summed E-state index contributed by atoms with van der Waals surface area (Å²) in [7, 11) is -3.60. The van der Waals surface area contributed by atoms with E-state index >= 15 is 0 Å². The van der Waals surface area contributed by atoms with Crippen LogP contribution in [-0.4, -0.2) is 54.6 Å². The summed E-state index contributed by atoms with van der Waals surface area (Å²) in [6.45, 7) is 3.32. The molecule has 0 aliphatic carbocycles. The maximum atomic E-state index is 13.0. The second kappa shape index (κ2) is 9.06. The number of aromatic nitrogens is 2. The zero-order valence-electron chi connectivity index (χ0n) is 17.1. The lowest BCUT2D eigenvalue weighted by atomic mass is 10.0. The molecule has 1 fully saturated rings. The van der Waals surface area contributed by atoms with Gasteiger partial charge in [0.2, 0.25) is 15.8 Å². The third-order valence-electron chi connectivity index (χ3n) is 5.27. The number of hydrogen-bond acceptors (Lipinski definition) is 8. The van der Waals surface area contributed by atoms with Gasteiger partial charge in [-0.3, -0.25) is 10.1 Å². The predicted octanol–water partition coefficient (Wildman–Crippen LogP) is 2.62. The molecule has 0 radical (unpaired) electrons. The Labute approximate surface area is 180 Å². The molecule has 1 aromatic carbocycles. The number of benzene rings is 1. The van der Waals surface area contributed by atoms with Crippen LogP contribution in [0.3, 0.4) is 0 Å². The Kier molecular flexibility index (Phi) is 6.23. The lowest BCUT2D eigenvalue weighted by Crippen LogP contribution is -2.43. The van der Waals surface area contributed by atoms with E-state index in [1.807, 2.05) is 6.92 Å². The van der Waals surface area contributed by atoms with Gasteiger partial charge >= 0.3 is 6.01 Å². The van der Waals surface area contributed by atoms with Gasteiger partial charge in [0.1, 0.15) is 19.5 Å². The molecule has 1 amide bonds. The summed E-state index contributed by atoms with van der Waals surface area (Å²) >= 11 is 0. The average Bonchev–Trinajstić information content (AvgIpc) is 3.28. The Morgan fingerprint density at radius 3 is 2.71 bits per heavy atom. The van der Waals surface area contributed by atoms with Gasteiger partial charge in [0.25, 0.3) is 11.8 Å². The maximum Gasteiger partial charge on any atom is 0.322 e. The Morgan fingerprint density at radius 1 is 1.19 bits per heavy atom. The summed E-state index contributed by atoms with van der Waals surface area (Å²) in [6, 6.07) is 5.73. The van der Waals surface area contributed by atoms with Crippen molar-refractivity contribution in [3.05, 3.63) is 42.0 Å². The zero-order valence-corrected chi connectivity index (χ0v) is 17.9. The molecule has 11 heteroatoms.